The average molecular weight is 279 g/mol. The van der Waals surface area contributed by atoms with Crippen molar-refractivity contribution in [3.05, 3.63) is 35.6 Å². The Morgan fingerprint density at radius 1 is 1.30 bits per heavy atom. The summed E-state index contributed by atoms with van der Waals surface area (Å²) >= 11 is 0. The molecule has 0 spiro atoms. The molecular formula is C17H26FNO. The third-order valence-electron chi connectivity index (χ3n) is 4.56. The van der Waals surface area contributed by atoms with Gasteiger partial charge in [0.25, 0.3) is 0 Å². The van der Waals surface area contributed by atoms with Crippen LogP contribution in [0.1, 0.15) is 38.7 Å². The first kappa shape index (κ1) is 15.5. The quantitative estimate of drug-likeness (QED) is 0.886. The van der Waals surface area contributed by atoms with Crippen molar-refractivity contribution in [2.24, 2.45) is 11.8 Å². The second kappa shape index (κ2) is 7.19. The van der Waals surface area contributed by atoms with Crippen LogP contribution in [0.5, 0.6) is 0 Å². The lowest BCUT2D eigenvalue weighted by atomic mass is 9.78. The molecule has 0 bridgehead atoms. The summed E-state index contributed by atoms with van der Waals surface area (Å²) in [4.78, 5) is 0. The molecule has 0 aromatic heterocycles. The molecule has 1 saturated carbocycles. The largest absolute Gasteiger partial charge is 0.372 e. The molecule has 0 heterocycles. The minimum atomic E-state index is -0.176. The van der Waals surface area contributed by atoms with Crippen LogP contribution in [0.4, 0.5) is 4.39 Å². The van der Waals surface area contributed by atoms with Crippen molar-refractivity contribution >= 4 is 0 Å². The van der Waals surface area contributed by atoms with Crippen LogP contribution in [0.2, 0.25) is 0 Å². The van der Waals surface area contributed by atoms with E-state index in [2.05, 4.69) is 19.2 Å². The molecule has 3 heteroatoms. The van der Waals surface area contributed by atoms with Crippen LogP contribution in [-0.2, 0) is 11.3 Å². The van der Waals surface area contributed by atoms with Gasteiger partial charge in [-0.25, -0.2) is 4.39 Å². The molecular weight excluding hydrogens is 253 g/mol. The smallest absolute Gasteiger partial charge is 0.128 e. The number of hydrogen-bond donors (Lipinski definition) is 1. The van der Waals surface area contributed by atoms with E-state index in [1.807, 2.05) is 13.1 Å². The lowest BCUT2D eigenvalue weighted by Crippen LogP contribution is -2.44. The highest BCUT2D eigenvalue weighted by atomic mass is 19.1. The summed E-state index contributed by atoms with van der Waals surface area (Å²) in [6.07, 6.45) is 3.64. The van der Waals surface area contributed by atoms with E-state index in [4.69, 9.17) is 4.74 Å². The number of likely N-dealkylation sites (N-methyl/N-ethyl adjacent to an activating group) is 1. The van der Waals surface area contributed by atoms with E-state index >= 15 is 0 Å². The van der Waals surface area contributed by atoms with Gasteiger partial charge in [0.1, 0.15) is 5.82 Å². The molecule has 0 saturated heterocycles. The normalized spacial score (nSPS) is 26.9. The molecule has 1 aromatic rings. The monoisotopic (exact) mass is 279 g/mol. The first-order valence-corrected chi connectivity index (χ1v) is 7.64. The molecule has 20 heavy (non-hydrogen) atoms. The molecule has 3 atom stereocenters. The van der Waals surface area contributed by atoms with Gasteiger partial charge in [-0.3, -0.25) is 0 Å². The SMILES string of the molecule is CNC1CCC(C(C)C)CC1OCc1ccccc1F. The van der Waals surface area contributed by atoms with Crippen LogP contribution in [0.3, 0.4) is 0 Å². The van der Waals surface area contributed by atoms with E-state index < -0.39 is 0 Å². The summed E-state index contributed by atoms with van der Waals surface area (Å²) in [5.41, 5.74) is 0.647. The number of rotatable bonds is 5. The second-order valence-corrected chi connectivity index (χ2v) is 6.15. The Hall–Kier alpha value is -0.930. The zero-order valence-corrected chi connectivity index (χ0v) is 12.7. The number of hydrogen-bond acceptors (Lipinski definition) is 2. The van der Waals surface area contributed by atoms with Crippen LogP contribution in [0.25, 0.3) is 0 Å². The lowest BCUT2D eigenvalue weighted by molar-refractivity contribution is -0.0252. The Bertz CT molecular complexity index is 421. The van der Waals surface area contributed by atoms with E-state index in [0.717, 1.165) is 12.8 Å². The van der Waals surface area contributed by atoms with E-state index in [1.165, 1.54) is 12.5 Å². The van der Waals surface area contributed by atoms with Gasteiger partial charge < -0.3 is 10.1 Å². The number of benzene rings is 1. The summed E-state index contributed by atoms with van der Waals surface area (Å²) in [5, 5.41) is 3.35. The van der Waals surface area contributed by atoms with Gasteiger partial charge in [-0.15, -0.1) is 0 Å². The molecule has 2 nitrogen and oxygen atoms in total. The van der Waals surface area contributed by atoms with Gasteiger partial charge in [0.15, 0.2) is 0 Å². The molecule has 2 rings (SSSR count). The summed E-state index contributed by atoms with van der Waals surface area (Å²) < 4.78 is 19.7. The van der Waals surface area contributed by atoms with E-state index in [9.17, 15) is 4.39 Å². The van der Waals surface area contributed by atoms with E-state index in [-0.39, 0.29) is 11.9 Å². The Labute approximate surface area is 121 Å². The number of halogens is 1. The molecule has 0 radical (unpaired) electrons. The topological polar surface area (TPSA) is 21.3 Å². The van der Waals surface area contributed by atoms with Gasteiger partial charge in [-0.2, -0.15) is 0 Å². The van der Waals surface area contributed by atoms with Crippen molar-refractivity contribution in [1.29, 1.82) is 0 Å². The van der Waals surface area contributed by atoms with Crippen LogP contribution in [-0.4, -0.2) is 19.2 Å². The molecule has 0 amide bonds. The predicted molar refractivity (Wildman–Crippen MR) is 80.0 cm³/mol. The standard InChI is InChI=1S/C17H26FNO/c1-12(2)13-8-9-16(19-3)17(10-13)20-11-14-6-4-5-7-15(14)18/h4-7,12-13,16-17,19H,8-11H2,1-3H3. The van der Waals surface area contributed by atoms with Crippen molar-refractivity contribution in [2.75, 3.05) is 7.05 Å². The van der Waals surface area contributed by atoms with Crippen molar-refractivity contribution < 1.29 is 9.13 Å². The second-order valence-electron chi connectivity index (χ2n) is 6.15. The number of ether oxygens (including phenoxy) is 1. The van der Waals surface area contributed by atoms with Crippen LogP contribution < -0.4 is 5.32 Å². The van der Waals surface area contributed by atoms with Crippen molar-refractivity contribution in [2.45, 2.75) is 51.9 Å². The highest BCUT2D eigenvalue weighted by molar-refractivity contribution is 5.16. The minimum Gasteiger partial charge on any atom is -0.372 e. The molecule has 1 aliphatic rings. The molecule has 3 unspecified atom stereocenters. The maximum Gasteiger partial charge on any atom is 0.128 e. The van der Waals surface area contributed by atoms with E-state index in [0.29, 0.717) is 30.0 Å². The molecule has 1 aromatic carbocycles. The molecule has 1 fully saturated rings. The molecule has 112 valence electrons. The maximum atomic E-state index is 13.6. The van der Waals surface area contributed by atoms with Crippen LogP contribution >= 0.6 is 0 Å². The molecule has 1 N–H and O–H groups in total. The first-order valence-electron chi connectivity index (χ1n) is 7.64. The Morgan fingerprint density at radius 3 is 2.70 bits per heavy atom. The summed E-state index contributed by atoms with van der Waals surface area (Å²) in [7, 11) is 1.99. The zero-order chi connectivity index (χ0) is 14.5. The summed E-state index contributed by atoms with van der Waals surface area (Å²) in [6, 6.07) is 7.25. The van der Waals surface area contributed by atoms with Gasteiger partial charge in [0.2, 0.25) is 0 Å². The maximum absolute atomic E-state index is 13.6. The Balaban J connectivity index is 1.96. The fourth-order valence-electron chi connectivity index (χ4n) is 3.09. The zero-order valence-electron chi connectivity index (χ0n) is 12.7. The molecule has 1 aliphatic carbocycles. The van der Waals surface area contributed by atoms with Crippen molar-refractivity contribution in [3.63, 3.8) is 0 Å². The fourth-order valence-corrected chi connectivity index (χ4v) is 3.09. The van der Waals surface area contributed by atoms with Gasteiger partial charge in [0.05, 0.1) is 12.7 Å². The van der Waals surface area contributed by atoms with Crippen molar-refractivity contribution in [3.8, 4) is 0 Å². The predicted octanol–water partition coefficient (Wildman–Crippen LogP) is 3.76. The van der Waals surface area contributed by atoms with Crippen LogP contribution in [0, 0.1) is 17.7 Å². The van der Waals surface area contributed by atoms with E-state index in [1.54, 1.807) is 12.1 Å². The van der Waals surface area contributed by atoms with Gasteiger partial charge in [0, 0.05) is 11.6 Å². The highest BCUT2D eigenvalue weighted by Gasteiger charge is 2.31. The van der Waals surface area contributed by atoms with Gasteiger partial charge in [-0.05, 0) is 44.2 Å². The third-order valence-corrected chi connectivity index (χ3v) is 4.56. The van der Waals surface area contributed by atoms with Crippen LogP contribution in [0.15, 0.2) is 24.3 Å². The van der Waals surface area contributed by atoms with Crippen molar-refractivity contribution in [1.82, 2.24) is 5.32 Å². The highest BCUT2D eigenvalue weighted by Crippen LogP contribution is 2.32. The number of nitrogens with one attached hydrogen (secondary N) is 1. The Kier molecular flexibility index (Phi) is 5.55. The minimum absolute atomic E-state index is 0.176. The lowest BCUT2D eigenvalue weighted by Gasteiger charge is -2.37. The summed E-state index contributed by atoms with van der Waals surface area (Å²) in [6.45, 7) is 4.91. The van der Waals surface area contributed by atoms with Gasteiger partial charge >= 0.3 is 0 Å². The third kappa shape index (κ3) is 3.80. The van der Waals surface area contributed by atoms with Gasteiger partial charge in [-0.1, -0.05) is 32.0 Å². The summed E-state index contributed by atoms with van der Waals surface area (Å²) in [5.74, 6) is 1.22. The Morgan fingerprint density at radius 2 is 2.05 bits per heavy atom. The average Bonchev–Trinajstić information content (AvgIpc) is 2.46. The fraction of sp³-hybridized carbons (Fsp3) is 0.647. The molecule has 0 aliphatic heterocycles. The first-order chi connectivity index (χ1) is 9.61.